The van der Waals surface area contributed by atoms with Crippen molar-refractivity contribution in [2.45, 2.75) is 31.8 Å². The molecule has 2 atom stereocenters. The fourth-order valence-electron chi connectivity index (χ4n) is 3.42. The number of fused-ring (bicyclic) bond motifs is 1. The van der Waals surface area contributed by atoms with Crippen molar-refractivity contribution in [3.63, 3.8) is 0 Å². The van der Waals surface area contributed by atoms with Crippen molar-refractivity contribution in [3.05, 3.63) is 29.6 Å². The number of aromatic hydroxyl groups is 1. The minimum atomic E-state index is -0.279. The summed E-state index contributed by atoms with van der Waals surface area (Å²) in [6.07, 6.45) is 2.55. The highest BCUT2D eigenvalue weighted by molar-refractivity contribution is 5.35. The molecule has 0 aromatic heterocycles. The summed E-state index contributed by atoms with van der Waals surface area (Å²) in [6.45, 7) is 6.38. The number of piperazine rings is 1. The third kappa shape index (κ3) is 2.47. The molecular weight excluding hydrogens is 243 g/mol. The van der Waals surface area contributed by atoms with Gasteiger partial charge in [0.05, 0.1) is 0 Å². The van der Waals surface area contributed by atoms with Crippen LogP contribution in [0, 0.1) is 5.82 Å². The van der Waals surface area contributed by atoms with Gasteiger partial charge in [-0.25, -0.2) is 4.39 Å². The van der Waals surface area contributed by atoms with Gasteiger partial charge in [-0.3, -0.25) is 9.80 Å². The van der Waals surface area contributed by atoms with Crippen LogP contribution in [0.15, 0.2) is 18.2 Å². The van der Waals surface area contributed by atoms with Gasteiger partial charge in [0.15, 0.2) is 0 Å². The molecule has 2 heterocycles. The predicted octanol–water partition coefficient (Wildman–Crippen LogP) is 2.37. The average molecular weight is 264 g/mol. The van der Waals surface area contributed by atoms with Crippen LogP contribution in [-0.2, 0) is 0 Å². The number of phenols is 1. The van der Waals surface area contributed by atoms with E-state index in [0.717, 1.165) is 19.6 Å². The molecule has 2 aliphatic heterocycles. The van der Waals surface area contributed by atoms with Crippen molar-refractivity contribution < 1.29 is 9.50 Å². The monoisotopic (exact) mass is 264 g/mol. The highest BCUT2D eigenvalue weighted by Crippen LogP contribution is 2.32. The van der Waals surface area contributed by atoms with Crippen LogP contribution in [0.4, 0.5) is 4.39 Å². The minimum absolute atomic E-state index is 0.0680. The lowest BCUT2D eigenvalue weighted by molar-refractivity contribution is 0.0761. The third-order valence-corrected chi connectivity index (χ3v) is 4.61. The van der Waals surface area contributed by atoms with E-state index in [1.165, 1.54) is 37.6 Å². The summed E-state index contributed by atoms with van der Waals surface area (Å²) in [6, 6.07) is 4.93. The Morgan fingerprint density at radius 1 is 1.32 bits per heavy atom. The highest BCUT2D eigenvalue weighted by atomic mass is 19.1. The number of rotatable bonds is 2. The molecule has 2 fully saturated rings. The molecule has 2 saturated heterocycles. The summed E-state index contributed by atoms with van der Waals surface area (Å²) in [5.41, 5.74) is 0.700. The molecule has 19 heavy (non-hydrogen) atoms. The van der Waals surface area contributed by atoms with Crippen LogP contribution in [0.3, 0.4) is 0 Å². The Balaban J connectivity index is 1.76. The number of benzene rings is 1. The zero-order valence-corrected chi connectivity index (χ0v) is 11.3. The van der Waals surface area contributed by atoms with Crippen LogP contribution in [0.25, 0.3) is 0 Å². The van der Waals surface area contributed by atoms with Crippen LogP contribution in [0.2, 0.25) is 0 Å². The smallest absolute Gasteiger partial charge is 0.123 e. The van der Waals surface area contributed by atoms with Crippen LogP contribution in [0.1, 0.15) is 31.4 Å². The summed E-state index contributed by atoms with van der Waals surface area (Å²) in [5.74, 6) is -0.0816. The Morgan fingerprint density at radius 3 is 3.00 bits per heavy atom. The van der Waals surface area contributed by atoms with E-state index in [0.29, 0.717) is 11.6 Å². The maximum Gasteiger partial charge on any atom is 0.123 e. The Morgan fingerprint density at radius 2 is 2.16 bits per heavy atom. The molecule has 3 nitrogen and oxygen atoms in total. The Kier molecular flexibility index (Phi) is 3.46. The first-order chi connectivity index (χ1) is 9.15. The summed E-state index contributed by atoms with van der Waals surface area (Å²) in [5, 5.41) is 9.92. The Bertz CT molecular complexity index is 465. The van der Waals surface area contributed by atoms with E-state index in [-0.39, 0.29) is 17.6 Å². The zero-order valence-electron chi connectivity index (χ0n) is 11.3. The maximum absolute atomic E-state index is 13.4. The molecule has 0 aliphatic carbocycles. The molecule has 104 valence electrons. The van der Waals surface area contributed by atoms with Gasteiger partial charge < -0.3 is 5.11 Å². The molecule has 0 amide bonds. The Hall–Kier alpha value is -1.13. The van der Waals surface area contributed by atoms with Gasteiger partial charge in [0.25, 0.3) is 0 Å². The van der Waals surface area contributed by atoms with E-state index in [4.69, 9.17) is 0 Å². The lowest BCUT2D eigenvalue weighted by atomic mass is 10.0. The number of halogens is 1. The van der Waals surface area contributed by atoms with Gasteiger partial charge in [-0.15, -0.1) is 0 Å². The third-order valence-electron chi connectivity index (χ3n) is 4.61. The van der Waals surface area contributed by atoms with Crippen molar-refractivity contribution >= 4 is 0 Å². The van der Waals surface area contributed by atoms with Crippen molar-refractivity contribution in [1.82, 2.24) is 9.80 Å². The first kappa shape index (κ1) is 12.9. The molecule has 3 rings (SSSR count). The van der Waals surface area contributed by atoms with Gasteiger partial charge in [0.2, 0.25) is 0 Å². The summed E-state index contributed by atoms with van der Waals surface area (Å²) < 4.78 is 13.4. The van der Waals surface area contributed by atoms with Gasteiger partial charge >= 0.3 is 0 Å². The fourth-order valence-corrected chi connectivity index (χ4v) is 3.42. The van der Waals surface area contributed by atoms with Gasteiger partial charge in [-0.1, -0.05) is 0 Å². The van der Waals surface area contributed by atoms with Gasteiger partial charge in [-0.2, -0.15) is 0 Å². The second kappa shape index (κ2) is 5.10. The highest BCUT2D eigenvalue weighted by Gasteiger charge is 2.33. The zero-order chi connectivity index (χ0) is 13.4. The number of phenolic OH excluding ortho intramolecular Hbond substituents is 1. The average Bonchev–Trinajstić information content (AvgIpc) is 2.88. The quantitative estimate of drug-likeness (QED) is 0.888. The second-order valence-corrected chi connectivity index (χ2v) is 5.71. The van der Waals surface area contributed by atoms with Crippen molar-refractivity contribution in [3.8, 4) is 5.75 Å². The number of hydrogen-bond acceptors (Lipinski definition) is 3. The molecule has 2 aliphatic rings. The second-order valence-electron chi connectivity index (χ2n) is 5.71. The first-order valence-electron chi connectivity index (χ1n) is 7.11. The molecule has 4 heteroatoms. The molecule has 1 aromatic carbocycles. The molecular formula is C15H21FN2O. The van der Waals surface area contributed by atoms with Crippen LogP contribution < -0.4 is 0 Å². The lowest BCUT2D eigenvalue weighted by Crippen LogP contribution is -2.50. The number of nitrogens with zero attached hydrogens (tertiary/aromatic N) is 2. The van der Waals surface area contributed by atoms with Crippen LogP contribution in [0.5, 0.6) is 5.75 Å². The molecule has 2 unspecified atom stereocenters. The van der Waals surface area contributed by atoms with Crippen molar-refractivity contribution in [2.75, 3.05) is 26.2 Å². The van der Waals surface area contributed by atoms with Gasteiger partial charge in [0.1, 0.15) is 11.6 Å². The number of hydrogen-bond donors (Lipinski definition) is 1. The Labute approximate surface area is 113 Å². The van der Waals surface area contributed by atoms with E-state index in [9.17, 15) is 9.50 Å². The van der Waals surface area contributed by atoms with Crippen molar-refractivity contribution in [2.24, 2.45) is 0 Å². The SMILES string of the molecule is CC(c1cc(F)ccc1O)N1CCN2CCCC2C1. The van der Waals surface area contributed by atoms with E-state index in [1.807, 2.05) is 0 Å². The fraction of sp³-hybridized carbons (Fsp3) is 0.600. The van der Waals surface area contributed by atoms with Gasteiger partial charge in [0, 0.05) is 37.3 Å². The van der Waals surface area contributed by atoms with Gasteiger partial charge in [-0.05, 0) is 44.5 Å². The standard InChI is InChI=1S/C15H21FN2O/c1-11(14-9-12(16)4-5-15(14)19)18-8-7-17-6-2-3-13(17)10-18/h4-5,9,11,13,19H,2-3,6-8,10H2,1H3. The predicted molar refractivity (Wildman–Crippen MR) is 72.6 cm³/mol. The minimum Gasteiger partial charge on any atom is -0.508 e. The van der Waals surface area contributed by atoms with E-state index >= 15 is 0 Å². The summed E-state index contributed by atoms with van der Waals surface area (Å²) in [4.78, 5) is 4.91. The van der Waals surface area contributed by atoms with E-state index < -0.39 is 0 Å². The summed E-state index contributed by atoms with van der Waals surface area (Å²) in [7, 11) is 0. The summed E-state index contributed by atoms with van der Waals surface area (Å²) >= 11 is 0. The molecule has 1 aromatic rings. The van der Waals surface area contributed by atoms with Crippen LogP contribution in [-0.4, -0.2) is 47.1 Å². The molecule has 0 saturated carbocycles. The normalized spacial score (nSPS) is 26.3. The topological polar surface area (TPSA) is 26.7 Å². The maximum atomic E-state index is 13.4. The molecule has 0 radical (unpaired) electrons. The largest absolute Gasteiger partial charge is 0.508 e. The first-order valence-corrected chi connectivity index (χ1v) is 7.11. The lowest BCUT2D eigenvalue weighted by Gasteiger charge is -2.40. The van der Waals surface area contributed by atoms with E-state index in [2.05, 4.69) is 16.7 Å². The molecule has 0 spiro atoms. The molecule has 1 N–H and O–H groups in total. The van der Waals surface area contributed by atoms with Crippen LogP contribution >= 0.6 is 0 Å². The van der Waals surface area contributed by atoms with E-state index in [1.54, 1.807) is 0 Å². The van der Waals surface area contributed by atoms with Crippen molar-refractivity contribution in [1.29, 1.82) is 0 Å². The molecule has 0 bridgehead atoms.